The fourth-order valence-corrected chi connectivity index (χ4v) is 2.77. The van der Waals surface area contributed by atoms with E-state index < -0.39 is 5.97 Å². The number of para-hydroxylation sites is 2. The normalized spacial score (nSPS) is 10.4. The fraction of sp³-hybridized carbons (Fsp3) is 0.130. The summed E-state index contributed by atoms with van der Waals surface area (Å²) in [6, 6.07) is 22.0. The van der Waals surface area contributed by atoms with Gasteiger partial charge < -0.3 is 10.2 Å². The molecule has 29 heavy (non-hydrogen) atoms. The van der Waals surface area contributed by atoms with E-state index in [0.717, 1.165) is 16.3 Å². The van der Waals surface area contributed by atoms with E-state index in [9.17, 15) is 9.59 Å². The molecule has 0 saturated heterocycles. The number of Topliss-reactive ketones (excluding diaryl/α,β-unsaturated/α-hetero) is 1. The third-order valence-corrected chi connectivity index (χ3v) is 4.26. The van der Waals surface area contributed by atoms with Gasteiger partial charge in [0.1, 0.15) is 11.4 Å². The lowest BCUT2D eigenvalue weighted by molar-refractivity contribution is 0.0690. The summed E-state index contributed by atoms with van der Waals surface area (Å²) < 4.78 is 0. The summed E-state index contributed by atoms with van der Waals surface area (Å²) in [5.41, 5.74) is 2.10. The Kier molecular flexibility index (Phi) is 6.60. The number of carbonyl (C=O) groups excluding carboxylic acids is 1. The maximum Gasteiger partial charge on any atom is 0.354 e. The molecule has 0 saturated carbocycles. The highest BCUT2D eigenvalue weighted by molar-refractivity contribution is 5.96. The van der Waals surface area contributed by atoms with Gasteiger partial charge in [0.05, 0.1) is 11.0 Å². The molecule has 4 aromatic rings. The number of carbonyl (C=O) groups is 2. The van der Waals surface area contributed by atoms with Crippen molar-refractivity contribution in [2.75, 3.05) is 6.61 Å². The van der Waals surface area contributed by atoms with E-state index in [2.05, 4.69) is 9.97 Å². The Morgan fingerprint density at radius 1 is 0.724 bits per heavy atom. The highest BCUT2D eigenvalue weighted by Gasteiger charge is 2.07. The number of pyridine rings is 2. The summed E-state index contributed by atoms with van der Waals surface area (Å²) in [6.45, 7) is 0.0410. The van der Waals surface area contributed by atoms with E-state index >= 15 is 0 Å². The van der Waals surface area contributed by atoms with Gasteiger partial charge in [0.25, 0.3) is 0 Å². The zero-order valence-electron chi connectivity index (χ0n) is 15.7. The zero-order valence-corrected chi connectivity index (χ0v) is 15.7. The number of ketones is 1. The quantitative estimate of drug-likeness (QED) is 0.499. The van der Waals surface area contributed by atoms with Crippen molar-refractivity contribution >= 4 is 33.6 Å². The van der Waals surface area contributed by atoms with Crippen LogP contribution in [0.5, 0.6) is 0 Å². The molecule has 2 heterocycles. The number of aromatic carboxylic acids is 1. The SMILES string of the molecule is O=C(CCCO)c1ccc2ccccc2n1.O=C(O)c1ccc2ccccc2n1. The summed E-state index contributed by atoms with van der Waals surface area (Å²) in [5, 5.41) is 19.3. The Balaban J connectivity index is 0.000000169. The summed E-state index contributed by atoms with van der Waals surface area (Å²) in [5.74, 6) is -1.01. The molecular formula is C23H20N2O4. The topological polar surface area (TPSA) is 100 Å². The molecule has 0 aliphatic rings. The highest BCUT2D eigenvalue weighted by atomic mass is 16.4. The predicted molar refractivity (Wildman–Crippen MR) is 111 cm³/mol. The lowest BCUT2D eigenvalue weighted by Gasteiger charge is -2.01. The van der Waals surface area contributed by atoms with Crippen molar-refractivity contribution in [1.82, 2.24) is 9.97 Å². The molecule has 2 N–H and O–H groups in total. The molecule has 0 aliphatic heterocycles. The molecule has 6 heteroatoms. The van der Waals surface area contributed by atoms with Crippen LogP contribution in [0.15, 0.2) is 72.8 Å². The van der Waals surface area contributed by atoms with E-state index in [-0.39, 0.29) is 18.1 Å². The molecule has 0 bridgehead atoms. The van der Waals surface area contributed by atoms with Gasteiger partial charge >= 0.3 is 5.97 Å². The van der Waals surface area contributed by atoms with Crippen LogP contribution in [0, 0.1) is 0 Å². The molecule has 146 valence electrons. The average Bonchev–Trinajstić information content (AvgIpc) is 2.77. The molecular weight excluding hydrogens is 368 g/mol. The third-order valence-electron chi connectivity index (χ3n) is 4.26. The van der Waals surface area contributed by atoms with Gasteiger partial charge in [-0.1, -0.05) is 48.5 Å². The largest absolute Gasteiger partial charge is 0.477 e. The number of hydrogen-bond acceptors (Lipinski definition) is 5. The second kappa shape index (κ2) is 9.52. The Bertz CT molecular complexity index is 1160. The first kappa shape index (κ1) is 20.1. The number of aromatic nitrogens is 2. The number of hydrogen-bond donors (Lipinski definition) is 2. The number of benzene rings is 2. The van der Waals surface area contributed by atoms with Crippen LogP contribution >= 0.6 is 0 Å². The Hall–Kier alpha value is -3.64. The van der Waals surface area contributed by atoms with Crippen molar-refractivity contribution in [3.63, 3.8) is 0 Å². The number of fused-ring (bicyclic) bond motifs is 2. The van der Waals surface area contributed by atoms with Crippen molar-refractivity contribution in [3.05, 3.63) is 84.2 Å². The molecule has 0 unspecified atom stereocenters. The molecule has 0 amide bonds. The standard InChI is InChI=1S/C13H13NO2.C10H7NO2/c15-9-3-6-13(16)12-8-7-10-4-1-2-5-11(10)14-12;12-10(13)9-6-5-7-3-1-2-4-8(7)11-9/h1-2,4-5,7-8,15H,3,6,9H2;1-6H,(H,12,13). The van der Waals surface area contributed by atoms with Crippen LogP contribution in [0.25, 0.3) is 21.8 Å². The van der Waals surface area contributed by atoms with Crippen LogP contribution in [-0.2, 0) is 0 Å². The summed E-state index contributed by atoms with van der Waals surface area (Å²) >= 11 is 0. The van der Waals surface area contributed by atoms with Gasteiger partial charge in [-0.15, -0.1) is 0 Å². The zero-order chi connectivity index (χ0) is 20.6. The molecule has 0 spiro atoms. The van der Waals surface area contributed by atoms with Crippen LogP contribution in [0.4, 0.5) is 0 Å². The molecule has 4 rings (SSSR count). The van der Waals surface area contributed by atoms with Crippen molar-refractivity contribution in [2.45, 2.75) is 12.8 Å². The van der Waals surface area contributed by atoms with Gasteiger partial charge in [-0.3, -0.25) is 4.79 Å². The number of nitrogens with zero attached hydrogens (tertiary/aromatic N) is 2. The Morgan fingerprint density at radius 2 is 1.24 bits per heavy atom. The van der Waals surface area contributed by atoms with Crippen molar-refractivity contribution in [3.8, 4) is 0 Å². The van der Waals surface area contributed by atoms with Crippen molar-refractivity contribution in [1.29, 1.82) is 0 Å². The van der Waals surface area contributed by atoms with Crippen LogP contribution < -0.4 is 0 Å². The second-order valence-corrected chi connectivity index (χ2v) is 6.33. The van der Waals surface area contributed by atoms with Crippen LogP contribution in [-0.4, -0.2) is 38.5 Å². The number of rotatable bonds is 5. The summed E-state index contributed by atoms with van der Waals surface area (Å²) in [6.07, 6.45) is 0.842. The molecule has 0 atom stereocenters. The summed E-state index contributed by atoms with van der Waals surface area (Å²) in [4.78, 5) is 30.5. The van der Waals surface area contributed by atoms with E-state index in [1.54, 1.807) is 18.2 Å². The average molecular weight is 388 g/mol. The van der Waals surface area contributed by atoms with Crippen LogP contribution in [0.2, 0.25) is 0 Å². The number of aliphatic hydroxyl groups is 1. The molecule has 2 aromatic heterocycles. The lowest BCUT2D eigenvalue weighted by Crippen LogP contribution is -2.03. The minimum absolute atomic E-state index is 0.0141. The van der Waals surface area contributed by atoms with E-state index in [0.29, 0.717) is 24.1 Å². The van der Waals surface area contributed by atoms with E-state index in [1.165, 1.54) is 6.07 Å². The number of carboxylic acid groups (broad SMARTS) is 1. The highest BCUT2D eigenvalue weighted by Crippen LogP contribution is 2.13. The first-order chi connectivity index (χ1) is 14.1. The Morgan fingerprint density at radius 3 is 1.79 bits per heavy atom. The van der Waals surface area contributed by atoms with Gasteiger partial charge in [0.2, 0.25) is 0 Å². The maximum atomic E-state index is 11.7. The van der Waals surface area contributed by atoms with Gasteiger partial charge in [-0.2, -0.15) is 0 Å². The second-order valence-electron chi connectivity index (χ2n) is 6.33. The van der Waals surface area contributed by atoms with Crippen LogP contribution in [0.1, 0.15) is 33.8 Å². The third kappa shape index (κ3) is 5.21. The van der Waals surface area contributed by atoms with Gasteiger partial charge in [-0.25, -0.2) is 14.8 Å². The number of carboxylic acids is 1. The maximum absolute atomic E-state index is 11.7. The van der Waals surface area contributed by atoms with Crippen molar-refractivity contribution in [2.24, 2.45) is 0 Å². The monoisotopic (exact) mass is 388 g/mol. The smallest absolute Gasteiger partial charge is 0.354 e. The van der Waals surface area contributed by atoms with Crippen molar-refractivity contribution < 1.29 is 19.8 Å². The molecule has 2 aromatic carbocycles. The van der Waals surface area contributed by atoms with E-state index in [4.69, 9.17) is 10.2 Å². The molecule has 0 fully saturated rings. The first-order valence-electron chi connectivity index (χ1n) is 9.17. The van der Waals surface area contributed by atoms with Gasteiger partial charge in [0, 0.05) is 23.8 Å². The summed E-state index contributed by atoms with van der Waals surface area (Å²) in [7, 11) is 0. The number of aliphatic hydroxyl groups excluding tert-OH is 1. The molecule has 0 radical (unpaired) electrons. The minimum atomic E-state index is -0.995. The van der Waals surface area contributed by atoms with E-state index in [1.807, 2.05) is 48.5 Å². The van der Waals surface area contributed by atoms with Gasteiger partial charge in [0.15, 0.2) is 5.78 Å². The Labute approximate surface area is 167 Å². The lowest BCUT2D eigenvalue weighted by atomic mass is 10.1. The fourth-order valence-electron chi connectivity index (χ4n) is 2.77. The van der Waals surface area contributed by atoms with Crippen LogP contribution in [0.3, 0.4) is 0 Å². The predicted octanol–water partition coefficient (Wildman–Crippen LogP) is 4.12. The first-order valence-corrected chi connectivity index (χ1v) is 9.17. The minimum Gasteiger partial charge on any atom is -0.477 e. The van der Waals surface area contributed by atoms with Gasteiger partial charge in [-0.05, 0) is 30.7 Å². The molecule has 0 aliphatic carbocycles. The molecule has 6 nitrogen and oxygen atoms in total.